The highest BCUT2D eigenvalue weighted by molar-refractivity contribution is 6.07. The SMILES string of the molecule is c1ccc(-c2cc(-c3ccccc3)nc(-c3ccc4c5c(ccc4c3)-c3ccccc3C5(c3ccccc3)c3ccccc3)n2)cc1.c1ccc(-c2cc(-c3ccccc3)nc(-c3ccc4ccc5c(c4c3)C(c3ccccc3)(c3ccccc3)c3ccccc3-5)n2)cc1.c1ccc(-c2nc(-c3ccccc3)nc(-c3cccc4c5c(ccc34)-c3ccccc3C5(c3ccccc3)c3ccccc3)n2)cc1. The van der Waals surface area contributed by atoms with Gasteiger partial charge < -0.3 is 0 Å². The van der Waals surface area contributed by atoms with Crippen LogP contribution in [-0.2, 0) is 16.2 Å². The first kappa shape index (κ1) is 84.3. The maximum Gasteiger partial charge on any atom is 0.164 e. The summed E-state index contributed by atoms with van der Waals surface area (Å²) in [5.74, 6) is 3.40. The Hall–Kier alpha value is -18.4. The number of hydrogen-bond donors (Lipinski definition) is 0. The zero-order valence-electron chi connectivity index (χ0n) is 77.0. The Kier molecular flexibility index (Phi) is 21.5. The van der Waals surface area contributed by atoms with Gasteiger partial charge in [0, 0.05) is 50.1 Å². The lowest BCUT2D eigenvalue weighted by Gasteiger charge is -2.34. The fraction of sp³-hybridized carbons (Fsp3) is 0.0224. The number of aromatic nitrogens is 7. The molecule has 3 aromatic heterocycles. The molecule has 0 amide bonds. The van der Waals surface area contributed by atoms with E-state index in [0.717, 1.165) is 78.2 Å². The van der Waals surface area contributed by atoms with Crippen molar-refractivity contribution in [2.24, 2.45) is 0 Å². The van der Waals surface area contributed by atoms with Crippen LogP contribution in [0.5, 0.6) is 0 Å². The molecule has 24 aromatic rings. The van der Waals surface area contributed by atoms with Crippen LogP contribution in [0.15, 0.2) is 540 Å². The van der Waals surface area contributed by atoms with Crippen molar-refractivity contribution >= 4 is 32.3 Å². The van der Waals surface area contributed by atoms with E-state index in [0.29, 0.717) is 29.1 Å². The van der Waals surface area contributed by atoms with Gasteiger partial charge in [0.05, 0.1) is 39.0 Å². The van der Waals surface area contributed by atoms with E-state index in [1.165, 1.54) is 127 Å². The molecule has 3 aliphatic carbocycles. The normalized spacial score (nSPS) is 12.9. The summed E-state index contributed by atoms with van der Waals surface area (Å²) < 4.78 is 0. The van der Waals surface area contributed by atoms with E-state index in [1.54, 1.807) is 0 Å². The van der Waals surface area contributed by atoms with Gasteiger partial charge in [-0.25, -0.2) is 34.9 Å². The Morgan fingerprint density at radius 3 is 0.745 bits per heavy atom. The Bertz CT molecular complexity index is 8350. The molecule has 0 saturated carbocycles. The molecule has 21 aromatic carbocycles. The summed E-state index contributed by atoms with van der Waals surface area (Å²) in [5, 5.41) is 7.10. The van der Waals surface area contributed by atoms with Crippen molar-refractivity contribution in [1.29, 1.82) is 0 Å². The standard InChI is InChI=1S/2C45H30N2.C44H29N3/c1-5-15-31(16-6-1)41-30-42(32-17-7-2-8-18-32)47-44(46-41)34-26-27-37-33(29-34)25-28-39-38-23-13-14-24-40(38)45(43(37)39,35-19-9-3-10-20-35)36-21-11-4-12-22-36;1-5-15-32(16-6-1)41-30-42(33-17-7-2-8-18-33)47-44(46-41)34-26-25-31-27-28-38-37-23-13-14-24-40(37)45(43(38)39(31)29-34,35-19-9-3-10-20-35)36-21-11-4-12-22-36;1-5-16-30(17-6-1)41-45-42(31-18-7-2-8-19-31)47-43(46-41)38-26-15-25-36-34(38)28-29-37-35-24-13-14-27-39(35)44(40(36)37,32-20-9-3-10-21-32)33-22-11-4-12-23-33/h2*1-30H;1-29H. The molecule has 0 N–H and O–H groups in total. The molecule has 0 aliphatic heterocycles. The third-order valence-corrected chi connectivity index (χ3v) is 28.5. The highest BCUT2D eigenvalue weighted by atomic mass is 15.0. The molecule has 27 rings (SSSR count). The lowest BCUT2D eigenvalue weighted by molar-refractivity contribution is 0.775. The van der Waals surface area contributed by atoms with E-state index in [9.17, 15) is 0 Å². The molecule has 7 heteroatoms. The maximum atomic E-state index is 5.18. The summed E-state index contributed by atoms with van der Waals surface area (Å²) >= 11 is 0. The second-order valence-corrected chi connectivity index (χ2v) is 36.2. The number of rotatable bonds is 15. The molecule has 660 valence electrons. The zero-order valence-corrected chi connectivity index (χ0v) is 77.0. The predicted molar refractivity (Wildman–Crippen MR) is 577 cm³/mol. The fourth-order valence-corrected chi connectivity index (χ4v) is 22.4. The van der Waals surface area contributed by atoms with Gasteiger partial charge >= 0.3 is 0 Å². The van der Waals surface area contributed by atoms with Crippen LogP contribution < -0.4 is 0 Å². The molecule has 7 nitrogen and oxygen atoms in total. The van der Waals surface area contributed by atoms with Crippen molar-refractivity contribution in [1.82, 2.24) is 34.9 Å². The Morgan fingerprint density at radius 2 is 0.383 bits per heavy atom. The first-order valence-electron chi connectivity index (χ1n) is 48.1. The molecule has 3 heterocycles. The highest BCUT2D eigenvalue weighted by Crippen LogP contribution is 2.62. The lowest BCUT2D eigenvalue weighted by Crippen LogP contribution is -2.28. The van der Waals surface area contributed by atoms with Crippen LogP contribution in [0.25, 0.3) is 168 Å². The van der Waals surface area contributed by atoms with E-state index in [2.05, 4.69) is 479 Å². The van der Waals surface area contributed by atoms with Gasteiger partial charge in [0.15, 0.2) is 29.1 Å². The summed E-state index contributed by atoms with van der Waals surface area (Å²) in [5.41, 5.74) is 34.3. The zero-order chi connectivity index (χ0) is 93.6. The van der Waals surface area contributed by atoms with Crippen molar-refractivity contribution in [2.75, 3.05) is 0 Å². The van der Waals surface area contributed by atoms with E-state index in [-0.39, 0.29) is 0 Å². The van der Waals surface area contributed by atoms with Crippen molar-refractivity contribution < 1.29 is 0 Å². The van der Waals surface area contributed by atoms with Gasteiger partial charge in [0.1, 0.15) is 0 Å². The van der Waals surface area contributed by atoms with Crippen LogP contribution in [0, 0.1) is 0 Å². The van der Waals surface area contributed by atoms with Crippen molar-refractivity contribution in [3.63, 3.8) is 0 Å². The molecule has 0 radical (unpaired) electrons. The van der Waals surface area contributed by atoms with E-state index in [1.807, 2.05) is 60.7 Å². The minimum Gasteiger partial charge on any atom is -0.228 e. The third-order valence-electron chi connectivity index (χ3n) is 28.5. The summed E-state index contributed by atoms with van der Waals surface area (Å²) in [6.07, 6.45) is 0. The highest BCUT2D eigenvalue weighted by Gasteiger charge is 2.51. The number of fused-ring (bicyclic) bond motifs is 15. The second-order valence-electron chi connectivity index (χ2n) is 36.2. The first-order chi connectivity index (χ1) is 69.9. The topological polar surface area (TPSA) is 90.2 Å². The Balaban J connectivity index is 0.000000111. The summed E-state index contributed by atoms with van der Waals surface area (Å²) in [7, 11) is 0. The quantitative estimate of drug-likeness (QED) is 0.101. The lowest BCUT2D eigenvalue weighted by atomic mass is 9.66. The molecule has 141 heavy (non-hydrogen) atoms. The molecule has 0 spiro atoms. The number of nitrogens with zero attached hydrogens (tertiary/aromatic N) is 7. The van der Waals surface area contributed by atoms with E-state index in [4.69, 9.17) is 34.9 Å². The molecule has 0 saturated heterocycles. The van der Waals surface area contributed by atoms with Crippen molar-refractivity contribution in [3.8, 4) is 135 Å². The van der Waals surface area contributed by atoms with Crippen LogP contribution in [0.1, 0.15) is 66.8 Å². The van der Waals surface area contributed by atoms with Gasteiger partial charge in [-0.05, 0) is 157 Å². The monoisotopic (exact) mass is 1800 g/mol. The van der Waals surface area contributed by atoms with Crippen LogP contribution >= 0.6 is 0 Å². The number of hydrogen-bond acceptors (Lipinski definition) is 7. The summed E-state index contributed by atoms with van der Waals surface area (Å²) in [6, 6.07) is 192. The average Bonchev–Trinajstić information content (AvgIpc) is 1.54. The summed E-state index contributed by atoms with van der Waals surface area (Å²) in [4.78, 5) is 35.8. The summed E-state index contributed by atoms with van der Waals surface area (Å²) in [6.45, 7) is 0. The van der Waals surface area contributed by atoms with Gasteiger partial charge in [0.2, 0.25) is 0 Å². The minimum absolute atomic E-state index is 0.459. The van der Waals surface area contributed by atoms with Gasteiger partial charge in [-0.2, -0.15) is 0 Å². The van der Waals surface area contributed by atoms with E-state index >= 15 is 0 Å². The van der Waals surface area contributed by atoms with Gasteiger partial charge in [-0.1, -0.05) is 516 Å². The molecule has 0 bridgehead atoms. The largest absolute Gasteiger partial charge is 0.228 e. The first-order valence-corrected chi connectivity index (χ1v) is 48.1. The Morgan fingerprint density at radius 1 is 0.128 bits per heavy atom. The fourth-order valence-electron chi connectivity index (χ4n) is 22.4. The van der Waals surface area contributed by atoms with Crippen LogP contribution in [0.4, 0.5) is 0 Å². The second kappa shape index (κ2) is 36.0. The van der Waals surface area contributed by atoms with Crippen LogP contribution in [0.2, 0.25) is 0 Å². The molecule has 0 atom stereocenters. The maximum absolute atomic E-state index is 5.18. The van der Waals surface area contributed by atoms with Crippen LogP contribution in [0.3, 0.4) is 0 Å². The van der Waals surface area contributed by atoms with Crippen molar-refractivity contribution in [3.05, 3.63) is 607 Å². The molecular formula is C134H89N7. The Labute approximate surface area is 819 Å². The van der Waals surface area contributed by atoms with Crippen LogP contribution in [-0.4, -0.2) is 34.9 Å². The van der Waals surface area contributed by atoms with Crippen molar-refractivity contribution in [2.45, 2.75) is 16.2 Å². The van der Waals surface area contributed by atoms with E-state index < -0.39 is 16.2 Å². The van der Waals surface area contributed by atoms with Gasteiger partial charge in [-0.15, -0.1) is 0 Å². The number of benzene rings is 21. The molecule has 0 fully saturated rings. The smallest absolute Gasteiger partial charge is 0.164 e. The average molecular weight is 1800 g/mol. The molecule has 0 unspecified atom stereocenters. The molecular weight excluding hydrogens is 1710 g/mol. The minimum atomic E-state index is -0.504. The molecule has 3 aliphatic rings. The van der Waals surface area contributed by atoms with Gasteiger partial charge in [0.25, 0.3) is 0 Å². The predicted octanol–water partition coefficient (Wildman–Crippen LogP) is 32.4. The third kappa shape index (κ3) is 14.6. The van der Waals surface area contributed by atoms with Gasteiger partial charge in [-0.3, -0.25) is 0 Å².